The van der Waals surface area contributed by atoms with Crippen molar-refractivity contribution in [3.05, 3.63) is 24.3 Å². The molecule has 1 atom stereocenters. The average Bonchev–Trinajstić information content (AvgIpc) is 2.38. The van der Waals surface area contributed by atoms with E-state index in [9.17, 15) is 13.2 Å². The number of amides is 1. The Kier molecular flexibility index (Phi) is 5.93. The van der Waals surface area contributed by atoms with E-state index in [1.54, 1.807) is 12.1 Å². The Bertz CT molecular complexity index is 560. The first-order valence-electron chi connectivity index (χ1n) is 6.02. The summed E-state index contributed by atoms with van der Waals surface area (Å²) >= 11 is 0. The van der Waals surface area contributed by atoms with Gasteiger partial charge in [-0.2, -0.15) is 4.72 Å². The van der Waals surface area contributed by atoms with Gasteiger partial charge in [-0.25, -0.2) is 8.42 Å². The van der Waals surface area contributed by atoms with E-state index >= 15 is 0 Å². The number of hydrogen-bond acceptors (Lipinski definition) is 5. The number of nitrogens with one attached hydrogen (secondary N) is 2. The lowest BCUT2D eigenvalue weighted by molar-refractivity contribution is -0.122. The number of carbonyl (C=O) groups excluding carboxylic acids is 1. The molecule has 0 saturated heterocycles. The average molecular weight is 301 g/mol. The van der Waals surface area contributed by atoms with Gasteiger partial charge in [0.15, 0.2) is 0 Å². The van der Waals surface area contributed by atoms with Crippen molar-refractivity contribution in [2.75, 3.05) is 26.0 Å². The van der Waals surface area contributed by atoms with Crippen LogP contribution in [0.4, 0.5) is 5.69 Å². The number of nitrogen functional groups attached to an aromatic ring is 1. The predicted molar refractivity (Wildman–Crippen MR) is 75.5 cm³/mol. The summed E-state index contributed by atoms with van der Waals surface area (Å²) in [5.41, 5.74) is 5.75. The van der Waals surface area contributed by atoms with Gasteiger partial charge < -0.3 is 15.8 Å². The maximum atomic E-state index is 12.1. The van der Waals surface area contributed by atoms with Crippen LogP contribution in [0.15, 0.2) is 29.2 Å². The van der Waals surface area contributed by atoms with E-state index < -0.39 is 22.0 Å². The first-order valence-corrected chi connectivity index (χ1v) is 7.50. The van der Waals surface area contributed by atoms with E-state index in [1.165, 1.54) is 26.2 Å². The predicted octanol–water partition coefficient (Wildman–Crippen LogP) is -0.302. The lowest BCUT2D eigenvalue weighted by Gasteiger charge is -2.15. The molecular formula is C12H19N3O4S. The second-order valence-corrected chi connectivity index (χ2v) is 5.85. The van der Waals surface area contributed by atoms with Crippen LogP contribution in [0.1, 0.15) is 6.92 Å². The molecule has 4 N–H and O–H groups in total. The Balaban J connectivity index is 2.72. The molecule has 1 rings (SSSR count). The van der Waals surface area contributed by atoms with Crippen LogP contribution in [0.2, 0.25) is 0 Å². The molecule has 0 heterocycles. The zero-order valence-electron chi connectivity index (χ0n) is 11.4. The SMILES string of the molecule is COCCNC(=O)C(C)NS(=O)(=O)c1ccccc1N. The van der Waals surface area contributed by atoms with Crippen molar-refractivity contribution in [3.8, 4) is 0 Å². The van der Waals surface area contributed by atoms with Crippen molar-refractivity contribution < 1.29 is 17.9 Å². The van der Waals surface area contributed by atoms with Gasteiger partial charge in [0.05, 0.1) is 18.3 Å². The van der Waals surface area contributed by atoms with Gasteiger partial charge in [-0.15, -0.1) is 0 Å². The molecule has 1 aromatic rings. The molecule has 1 unspecified atom stereocenters. The van der Waals surface area contributed by atoms with Crippen molar-refractivity contribution in [2.45, 2.75) is 17.9 Å². The second-order valence-electron chi connectivity index (χ2n) is 4.16. The Morgan fingerprint density at radius 1 is 1.40 bits per heavy atom. The molecule has 0 spiro atoms. The number of benzene rings is 1. The van der Waals surface area contributed by atoms with Crippen LogP contribution in [0, 0.1) is 0 Å². The summed E-state index contributed by atoms with van der Waals surface area (Å²) in [5, 5.41) is 2.55. The molecule has 0 radical (unpaired) electrons. The van der Waals surface area contributed by atoms with Crippen molar-refractivity contribution in [1.29, 1.82) is 0 Å². The molecule has 20 heavy (non-hydrogen) atoms. The molecule has 0 fully saturated rings. The third-order valence-electron chi connectivity index (χ3n) is 2.54. The van der Waals surface area contributed by atoms with Gasteiger partial charge in [0, 0.05) is 13.7 Å². The van der Waals surface area contributed by atoms with E-state index in [0.717, 1.165) is 0 Å². The van der Waals surface area contributed by atoms with E-state index in [-0.39, 0.29) is 10.6 Å². The minimum atomic E-state index is -3.83. The summed E-state index contributed by atoms with van der Waals surface area (Å²) in [5.74, 6) is -0.430. The number of methoxy groups -OCH3 is 1. The molecule has 1 amide bonds. The number of hydrogen-bond donors (Lipinski definition) is 3. The zero-order valence-corrected chi connectivity index (χ0v) is 12.2. The van der Waals surface area contributed by atoms with Crippen LogP contribution in [0.3, 0.4) is 0 Å². The van der Waals surface area contributed by atoms with Gasteiger partial charge >= 0.3 is 0 Å². The summed E-state index contributed by atoms with van der Waals surface area (Å²) in [7, 11) is -2.32. The van der Waals surface area contributed by atoms with Crippen LogP contribution in [-0.4, -0.2) is 40.6 Å². The van der Waals surface area contributed by atoms with Crippen molar-refractivity contribution in [3.63, 3.8) is 0 Å². The number of ether oxygens (including phenoxy) is 1. The van der Waals surface area contributed by atoms with Crippen LogP contribution >= 0.6 is 0 Å². The number of sulfonamides is 1. The summed E-state index contributed by atoms with van der Waals surface area (Å²) < 4.78 is 31.3. The topological polar surface area (TPSA) is 111 Å². The molecule has 0 aliphatic carbocycles. The second kappa shape index (κ2) is 7.22. The number of anilines is 1. The molecule has 0 aliphatic rings. The molecule has 0 aromatic heterocycles. The standard InChI is InChI=1S/C12H19N3O4S/c1-9(12(16)14-7-8-19-2)15-20(17,18)11-6-4-3-5-10(11)13/h3-6,9,15H,7-8,13H2,1-2H3,(H,14,16). The molecule has 1 aromatic carbocycles. The molecule has 0 aliphatic heterocycles. The third-order valence-corrected chi connectivity index (χ3v) is 4.15. The van der Waals surface area contributed by atoms with Crippen LogP contribution in [-0.2, 0) is 19.6 Å². The third kappa shape index (κ3) is 4.48. The number of rotatable bonds is 7. The van der Waals surface area contributed by atoms with Crippen LogP contribution < -0.4 is 15.8 Å². The molecule has 7 nitrogen and oxygen atoms in total. The zero-order chi connectivity index (χ0) is 15.2. The maximum absolute atomic E-state index is 12.1. The van der Waals surface area contributed by atoms with Crippen molar-refractivity contribution >= 4 is 21.6 Å². The maximum Gasteiger partial charge on any atom is 0.243 e. The minimum absolute atomic E-state index is 0.0449. The van der Waals surface area contributed by atoms with E-state index in [1.807, 2.05) is 0 Å². The number of nitrogens with two attached hydrogens (primary N) is 1. The molecule has 112 valence electrons. The normalized spacial score (nSPS) is 12.9. The smallest absolute Gasteiger partial charge is 0.243 e. The molecule has 0 saturated carbocycles. The van der Waals surface area contributed by atoms with Crippen molar-refractivity contribution in [2.24, 2.45) is 0 Å². The monoisotopic (exact) mass is 301 g/mol. The fourth-order valence-electron chi connectivity index (χ4n) is 1.50. The Morgan fingerprint density at radius 3 is 2.65 bits per heavy atom. The van der Waals surface area contributed by atoms with Crippen LogP contribution in [0.25, 0.3) is 0 Å². The van der Waals surface area contributed by atoms with Gasteiger partial charge in [0.25, 0.3) is 0 Å². The quantitative estimate of drug-likeness (QED) is 0.473. The van der Waals surface area contributed by atoms with E-state index in [2.05, 4.69) is 10.0 Å². The summed E-state index contributed by atoms with van der Waals surface area (Å²) in [6.07, 6.45) is 0. The fourth-order valence-corrected chi connectivity index (χ4v) is 2.84. The lowest BCUT2D eigenvalue weighted by atomic mass is 10.3. The molecular weight excluding hydrogens is 282 g/mol. The van der Waals surface area contributed by atoms with E-state index in [4.69, 9.17) is 10.5 Å². The summed E-state index contributed by atoms with van der Waals surface area (Å²) in [6.45, 7) is 2.13. The van der Waals surface area contributed by atoms with Gasteiger partial charge in [-0.05, 0) is 19.1 Å². The Morgan fingerprint density at radius 2 is 2.05 bits per heavy atom. The van der Waals surface area contributed by atoms with E-state index in [0.29, 0.717) is 13.2 Å². The molecule has 8 heteroatoms. The van der Waals surface area contributed by atoms with Gasteiger partial charge in [0.1, 0.15) is 4.90 Å². The van der Waals surface area contributed by atoms with Gasteiger partial charge in [-0.3, -0.25) is 4.79 Å². The Hall–Kier alpha value is -1.64. The summed E-state index contributed by atoms with van der Waals surface area (Å²) in [6, 6.07) is 5.16. The van der Waals surface area contributed by atoms with Gasteiger partial charge in [-0.1, -0.05) is 12.1 Å². The summed E-state index contributed by atoms with van der Waals surface area (Å²) in [4.78, 5) is 11.6. The largest absolute Gasteiger partial charge is 0.398 e. The lowest BCUT2D eigenvalue weighted by Crippen LogP contribution is -2.45. The molecule has 0 bridgehead atoms. The highest BCUT2D eigenvalue weighted by Gasteiger charge is 2.23. The van der Waals surface area contributed by atoms with Crippen molar-refractivity contribution in [1.82, 2.24) is 10.0 Å². The van der Waals surface area contributed by atoms with Crippen LogP contribution in [0.5, 0.6) is 0 Å². The number of carbonyl (C=O) groups is 1. The Labute approximate surface area is 118 Å². The fraction of sp³-hybridized carbons (Fsp3) is 0.417. The first-order chi connectivity index (χ1) is 9.38. The first kappa shape index (κ1) is 16.4. The highest BCUT2D eigenvalue weighted by Crippen LogP contribution is 2.17. The highest BCUT2D eigenvalue weighted by molar-refractivity contribution is 7.89. The van der Waals surface area contributed by atoms with Gasteiger partial charge in [0.2, 0.25) is 15.9 Å². The minimum Gasteiger partial charge on any atom is -0.398 e. The number of para-hydroxylation sites is 1. The highest BCUT2D eigenvalue weighted by atomic mass is 32.2.